The zero-order chi connectivity index (χ0) is 19.6. The molecule has 3 rings (SSSR count). The van der Waals surface area contributed by atoms with E-state index in [0.717, 1.165) is 27.6 Å². The van der Waals surface area contributed by atoms with E-state index >= 15 is 0 Å². The molecule has 3 nitrogen and oxygen atoms in total. The number of benzene rings is 3. The van der Waals surface area contributed by atoms with E-state index in [4.69, 9.17) is 11.6 Å². The van der Waals surface area contributed by atoms with E-state index in [2.05, 4.69) is 27.9 Å². The van der Waals surface area contributed by atoms with E-state index in [1.165, 1.54) is 0 Å². The van der Waals surface area contributed by atoms with E-state index in [1.807, 2.05) is 70.3 Å². The summed E-state index contributed by atoms with van der Waals surface area (Å²) in [5.41, 5.74) is 3.33. The van der Waals surface area contributed by atoms with E-state index in [-0.39, 0.29) is 0 Å². The summed E-state index contributed by atoms with van der Waals surface area (Å²) < 4.78 is 17.1. The predicted molar refractivity (Wildman–Crippen MR) is 118 cm³/mol. The molecule has 3 aromatic carbocycles. The maximum atomic E-state index is 12.9. The first-order valence-corrected chi connectivity index (χ1v) is 10.3. The molecule has 0 bridgehead atoms. The average molecular weight is 399 g/mol. The number of nitrogens with one attached hydrogen (secondary N) is 1. The monoisotopic (exact) mass is 398 g/mol. The SMILES string of the molecule is CNc1ccc(Cl)cc1/C(=N/[S@](=O)C(C)(C)C)c1cccc2ccccc12. The van der Waals surface area contributed by atoms with Crippen LogP contribution in [-0.2, 0) is 11.0 Å². The van der Waals surface area contributed by atoms with Crippen LogP contribution in [0.1, 0.15) is 31.9 Å². The van der Waals surface area contributed by atoms with Crippen LogP contribution in [0.4, 0.5) is 5.69 Å². The standard InChI is InChI=1S/C22H23ClN2OS/c1-22(2,3)27(26)25-21(19-14-16(23)12-13-20(19)24-4)18-11-7-9-15-8-5-6-10-17(15)18/h5-14,24H,1-4H3/b25-21+/t27-/m1/s1. The van der Waals surface area contributed by atoms with Crippen molar-refractivity contribution in [3.63, 3.8) is 0 Å². The molecule has 3 aromatic rings. The second-order valence-corrected chi connectivity index (χ2v) is 9.61. The van der Waals surface area contributed by atoms with Crippen molar-refractivity contribution in [1.82, 2.24) is 0 Å². The third-order valence-electron chi connectivity index (χ3n) is 4.25. The summed E-state index contributed by atoms with van der Waals surface area (Å²) in [5.74, 6) is 0. The lowest BCUT2D eigenvalue weighted by Gasteiger charge is -2.18. The lowest BCUT2D eigenvalue weighted by Crippen LogP contribution is -2.22. The van der Waals surface area contributed by atoms with Gasteiger partial charge in [-0.15, -0.1) is 0 Å². The number of fused-ring (bicyclic) bond motifs is 1. The Hall–Kier alpha value is -2.17. The Morgan fingerprint density at radius 3 is 2.41 bits per heavy atom. The van der Waals surface area contributed by atoms with Crippen LogP contribution in [0.5, 0.6) is 0 Å². The summed E-state index contributed by atoms with van der Waals surface area (Å²) in [6.45, 7) is 5.76. The number of anilines is 1. The molecule has 0 aliphatic heterocycles. The van der Waals surface area contributed by atoms with Crippen molar-refractivity contribution < 1.29 is 4.21 Å². The van der Waals surface area contributed by atoms with Gasteiger partial charge in [0.05, 0.1) is 10.5 Å². The predicted octanol–water partition coefficient (Wildman–Crippen LogP) is 5.83. The molecular weight excluding hydrogens is 376 g/mol. The Morgan fingerprint density at radius 2 is 1.70 bits per heavy atom. The second kappa shape index (κ2) is 7.83. The first kappa shape index (κ1) is 19.6. The van der Waals surface area contributed by atoms with Crippen molar-refractivity contribution in [2.24, 2.45) is 4.40 Å². The Morgan fingerprint density at radius 1 is 1.00 bits per heavy atom. The molecular formula is C22H23ClN2OS. The van der Waals surface area contributed by atoms with Crippen molar-refractivity contribution >= 4 is 44.8 Å². The first-order chi connectivity index (χ1) is 12.8. The van der Waals surface area contributed by atoms with Crippen molar-refractivity contribution in [2.75, 3.05) is 12.4 Å². The normalized spacial score (nSPS) is 13.6. The zero-order valence-corrected chi connectivity index (χ0v) is 17.5. The van der Waals surface area contributed by atoms with Gasteiger partial charge < -0.3 is 5.32 Å². The molecule has 0 heterocycles. The molecule has 0 aliphatic rings. The largest absolute Gasteiger partial charge is 0.388 e. The van der Waals surface area contributed by atoms with Gasteiger partial charge in [-0.3, -0.25) is 0 Å². The Kier molecular flexibility index (Phi) is 5.68. The Balaban J connectivity index is 2.34. The lowest BCUT2D eigenvalue weighted by atomic mass is 9.95. The second-order valence-electron chi connectivity index (χ2n) is 7.27. The van der Waals surface area contributed by atoms with Crippen LogP contribution < -0.4 is 5.32 Å². The number of hydrogen-bond donors (Lipinski definition) is 1. The summed E-state index contributed by atoms with van der Waals surface area (Å²) >= 11 is 6.29. The van der Waals surface area contributed by atoms with Gasteiger partial charge in [0.25, 0.3) is 0 Å². The van der Waals surface area contributed by atoms with Gasteiger partial charge in [0.1, 0.15) is 11.0 Å². The fourth-order valence-electron chi connectivity index (χ4n) is 2.83. The fraction of sp³-hybridized carbons (Fsp3) is 0.227. The number of hydrogen-bond acceptors (Lipinski definition) is 2. The van der Waals surface area contributed by atoms with Gasteiger partial charge in [-0.25, -0.2) is 4.21 Å². The maximum absolute atomic E-state index is 12.9. The van der Waals surface area contributed by atoms with Crippen LogP contribution in [0.3, 0.4) is 0 Å². The van der Waals surface area contributed by atoms with Crippen LogP contribution >= 0.6 is 11.6 Å². The Labute approximate surface area is 168 Å². The van der Waals surface area contributed by atoms with Gasteiger partial charge in [0.15, 0.2) is 0 Å². The van der Waals surface area contributed by atoms with Gasteiger partial charge in [0, 0.05) is 28.9 Å². The first-order valence-electron chi connectivity index (χ1n) is 8.78. The molecule has 140 valence electrons. The van der Waals surface area contributed by atoms with E-state index in [9.17, 15) is 4.21 Å². The third-order valence-corrected chi connectivity index (χ3v) is 5.88. The van der Waals surface area contributed by atoms with Crippen LogP contribution in [0.25, 0.3) is 10.8 Å². The highest BCUT2D eigenvalue weighted by atomic mass is 35.5. The van der Waals surface area contributed by atoms with E-state index < -0.39 is 15.7 Å². The summed E-state index contributed by atoms with van der Waals surface area (Å²) in [4.78, 5) is 0. The molecule has 27 heavy (non-hydrogen) atoms. The van der Waals surface area contributed by atoms with Gasteiger partial charge in [0.2, 0.25) is 0 Å². The summed E-state index contributed by atoms with van der Waals surface area (Å²) in [5, 5.41) is 5.97. The highest BCUT2D eigenvalue weighted by Gasteiger charge is 2.22. The molecule has 5 heteroatoms. The molecule has 0 saturated carbocycles. The smallest absolute Gasteiger partial charge is 0.145 e. The number of rotatable bonds is 4. The summed E-state index contributed by atoms with van der Waals surface area (Å²) in [6, 6.07) is 19.8. The van der Waals surface area contributed by atoms with Gasteiger partial charge in [-0.05, 0) is 49.7 Å². The van der Waals surface area contributed by atoms with Gasteiger partial charge in [-0.2, -0.15) is 4.40 Å². The highest BCUT2D eigenvalue weighted by molar-refractivity contribution is 7.85. The molecule has 0 saturated heterocycles. The zero-order valence-electron chi connectivity index (χ0n) is 15.9. The minimum Gasteiger partial charge on any atom is -0.388 e. The van der Waals surface area contributed by atoms with E-state index in [1.54, 1.807) is 0 Å². The molecule has 0 radical (unpaired) electrons. The minimum atomic E-state index is -1.41. The Bertz CT molecular complexity index is 1030. The minimum absolute atomic E-state index is 0.464. The summed E-state index contributed by atoms with van der Waals surface area (Å²) in [6.07, 6.45) is 0. The fourth-order valence-corrected chi connectivity index (χ4v) is 3.63. The van der Waals surface area contributed by atoms with Crippen molar-refractivity contribution in [3.8, 4) is 0 Å². The van der Waals surface area contributed by atoms with Gasteiger partial charge >= 0.3 is 0 Å². The molecule has 0 amide bonds. The molecule has 1 atom stereocenters. The van der Waals surface area contributed by atoms with Crippen LogP contribution in [0.15, 0.2) is 65.1 Å². The highest BCUT2D eigenvalue weighted by Crippen LogP contribution is 2.29. The third kappa shape index (κ3) is 4.23. The van der Waals surface area contributed by atoms with Gasteiger partial charge in [-0.1, -0.05) is 54.1 Å². The van der Waals surface area contributed by atoms with Crippen molar-refractivity contribution in [3.05, 3.63) is 76.8 Å². The molecule has 0 fully saturated rings. The quantitative estimate of drug-likeness (QED) is 0.561. The summed E-state index contributed by atoms with van der Waals surface area (Å²) in [7, 11) is 0.444. The molecule has 0 aromatic heterocycles. The van der Waals surface area contributed by atoms with Crippen molar-refractivity contribution in [1.29, 1.82) is 0 Å². The topological polar surface area (TPSA) is 41.5 Å². The van der Waals surface area contributed by atoms with Crippen LogP contribution in [-0.4, -0.2) is 21.7 Å². The van der Waals surface area contributed by atoms with Crippen LogP contribution in [0, 0.1) is 0 Å². The molecule has 0 aliphatic carbocycles. The number of halogens is 1. The molecule has 0 spiro atoms. The van der Waals surface area contributed by atoms with Crippen molar-refractivity contribution in [2.45, 2.75) is 25.5 Å². The van der Waals surface area contributed by atoms with Crippen LogP contribution in [0.2, 0.25) is 5.02 Å². The average Bonchev–Trinajstić information content (AvgIpc) is 2.64. The lowest BCUT2D eigenvalue weighted by molar-refractivity contribution is 0.650. The molecule has 1 N–H and O–H groups in total. The maximum Gasteiger partial charge on any atom is 0.145 e. The number of nitrogens with zero attached hydrogens (tertiary/aromatic N) is 1. The molecule has 0 unspecified atom stereocenters. The van der Waals surface area contributed by atoms with E-state index in [0.29, 0.717) is 10.7 Å².